The number of piperidine rings is 1. The predicted octanol–water partition coefficient (Wildman–Crippen LogP) is 5.56. The molecule has 4 rings (SSSR count). The zero-order valence-corrected chi connectivity index (χ0v) is 21.9. The zero-order valence-electron chi connectivity index (χ0n) is 21.1. The Labute approximate surface area is 213 Å². The molecule has 186 valence electrons. The molecule has 35 heavy (non-hydrogen) atoms. The number of nitrogens with one attached hydrogen (secondary N) is 1. The number of nitrogens with zero attached hydrogens (tertiary/aromatic N) is 2. The number of hydrogen-bond acceptors (Lipinski definition) is 5. The Morgan fingerprint density at radius 1 is 1.06 bits per heavy atom. The Bertz CT molecular complexity index is 1060. The van der Waals surface area contributed by atoms with Gasteiger partial charge in [-0.05, 0) is 69.2 Å². The molecule has 0 spiro atoms. The number of hydrogen-bond donors (Lipinski definition) is 1. The third kappa shape index (κ3) is 5.77. The van der Waals surface area contributed by atoms with E-state index in [1.54, 1.807) is 11.3 Å². The van der Waals surface area contributed by atoms with Crippen molar-refractivity contribution in [3.05, 3.63) is 88.1 Å². The van der Waals surface area contributed by atoms with Gasteiger partial charge in [0.2, 0.25) is 0 Å². The van der Waals surface area contributed by atoms with Crippen LogP contribution in [0.1, 0.15) is 53.1 Å². The van der Waals surface area contributed by atoms with Crippen molar-refractivity contribution in [1.82, 2.24) is 15.1 Å². The fourth-order valence-corrected chi connectivity index (χ4v) is 5.82. The minimum absolute atomic E-state index is 0.0510. The quantitative estimate of drug-likeness (QED) is 0.377. The number of carbonyl (C=O) groups excluding carboxylic acids is 1. The Balaban J connectivity index is 1.50. The van der Waals surface area contributed by atoms with Crippen molar-refractivity contribution in [3.8, 4) is 5.75 Å². The summed E-state index contributed by atoms with van der Waals surface area (Å²) in [5, 5.41) is 5.47. The molecule has 1 aliphatic rings. The van der Waals surface area contributed by atoms with E-state index in [2.05, 4.69) is 79.1 Å². The van der Waals surface area contributed by atoms with Crippen LogP contribution in [0.3, 0.4) is 0 Å². The van der Waals surface area contributed by atoms with Gasteiger partial charge in [-0.15, -0.1) is 11.3 Å². The molecule has 1 aliphatic heterocycles. The van der Waals surface area contributed by atoms with E-state index < -0.39 is 0 Å². The second kappa shape index (κ2) is 11.8. The van der Waals surface area contributed by atoms with E-state index in [-0.39, 0.29) is 17.6 Å². The van der Waals surface area contributed by atoms with Crippen molar-refractivity contribution < 1.29 is 9.53 Å². The second-order valence-corrected chi connectivity index (χ2v) is 10.3. The van der Waals surface area contributed by atoms with Gasteiger partial charge in [0, 0.05) is 29.9 Å². The summed E-state index contributed by atoms with van der Waals surface area (Å²) in [6.45, 7) is 5.34. The molecule has 1 saturated heterocycles. The SMILES string of the molecule is CCNCCC(Oc1ccccc1C(=O)N1CCC(c2ccccc2)(N(C)C)CC1)c1cccs1. The summed E-state index contributed by atoms with van der Waals surface area (Å²) >= 11 is 1.70. The fourth-order valence-electron chi connectivity index (χ4n) is 5.04. The van der Waals surface area contributed by atoms with Gasteiger partial charge in [-0.2, -0.15) is 0 Å². The number of benzene rings is 2. The summed E-state index contributed by atoms with van der Waals surface area (Å²) in [4.78, 5) is 19.2. The van der Waals surface area contributed by atoms with Gasteiger partial charge in [0.15, 0.2) is 0 Å². The standard InChI is InChI=1S/C29H37N3O2S/c1-4-30-19-16-26(27-15-10-22-35-27)34-25-14-9-8-13-24(25)28(33)32-20-17-29(18-21-32,31(2)3)23-11-6-5-7-12-23/h5-15,22,26,30H,4,16-21H2,1-3H3. The Morgan fingerprint density at radius 3 is 2.43 bits per heavy atom. The van der Waals surface area contributed by atoms with Crippen molar-refractivity contribution in [2.24, 2.45) is 0 Å². The Kier molecular flexibility index (Phi) is 8.60. The van der Waals surface area contributed by atoms with Crippen LogP contribution in [-0.4, -0.2) is 56.0 Å². The van der Waals surface area contributed by atoms with Gasteiger partial charge in [-0.3, -0.25) is 9.69 Å². The highest BCUT2D eigenvalue weighted by Crippen LogP contribution is 2.38. The number of thiophene rings is 1. The van der Waals surface area contributed by atoms with Crippen LogP contribution in [0.4, 0.5) is 0 Å². The molecule has 0 radical (unpaired) electrons. The average Bonchev–Trinajstić information content (AvgIpc) is 3.44. The highest BCUT2D eigenvalue weighted by molar-refractivity contribution is 7.10. The van der Waals surface area contributed by atoms with Gasteiger partial charge in [0.05, 0.1) is 5.56 Å². The summed E-state index contributed by atoms with van der Waals surface area (Å²) in [6, 6.07) is 22.6. The van der Waals surface area contributed by atoms with Crippen molar-refractivity contribution in [3.63, 3.8) is 0 Å². The number of rotatable bonds is 10. The minimum Gasteiger partial charge on any atom is -0.484 e. The number of ether oxygens (including phenoxy) is 1. The first-order valence-corrected chi connectivity index (χ1v) is 13.4. The van der Waals surface area contributed by atoms with Gasteiger partial charge in [-0.25, -0.2) is 0 Å². The van der Waals surface area contributed by atoms with E-state index in [0.717, 1.165) is 45.4 Å². The first-order chi connectivity index (χ1) is 17.0. The van der Waals surface area contributed by atoms with Crippen LogP contribution in [0.15, 0.2) is 72.1 Å². The Hall–Kier alpha value is -2.67. The molecule has 0 saturated carbocycles. The molecule has 2 heterocycles. The van der Waals surface area contributed by atoms with E-state index in [4.69, 9.17) is 4.74 Å². The fraction of sp³-hybridized carbons (Fsp3) is 0.414. The Morgan fingerprint density at radius 2 is 1.77 bits per heavy atom. The van der Waals surface area contributed by atoms with E-state index in [9.17, 15) is 4.79 Å². The lowest BCUT2D eigenvalue weighted by molar-refractivity contribution is 0.0407. The van der Waals surface area contributed by atoms with E-state index in [1.807, 2.05) is 29.2 Å². The lowest BCUT2D eigenvalue weighted by Gasteiger charge is -2.46. The summed E-state index contributed by atoms with van der Waals surface area (Å²) in [5.41, 5.74) is 1.92. The first-order valence-electron chi connectivity index (χ1n) is 12.6. The first kappa shape index (κ1) is 25.4. The van der Waals surface area contributed by atoms with Gasteiger partial charge < -0.3 is 15.0 Å². The van der Waals surface area contributed by atoms with Crippen LogP contribution < -0.4 is 10.1 Å². The van der Waals surface area contributed by atoms with Crippen LogP contribution in [0.5, 0.6) is 5.75 Å². The molecule has 0 aliphatic carbocycles. The van der Waals surface area contributed by atoms with Crippen LogP contribution in [-0.2, 0) is 5.54 Å². The van der Waals surface area contributed by atoms with Crippen molar-refractivity contribution in [2.45, 2.75) is 37.8 Å². The largest absolute Gasteiger partial charge is 0.484 e. The van der Waals surface area contributed by atoms with E-state index in [0.29, 0.717) is 11.3 Å². The maximum Gasteiger partial charge on any atom is 0.257 e. The third-order valence-corrected chi connectivity index (χ3v) is 8.09. The molecule has 6 heteroatoms. The summed E-state index contributed by atoms with van der Waals surface area (Å²) in [5.74, 6) is 0.720. The van der Waals surface area contributed by atoms with Crippen molar-refractivity contribution in [2.75, 3.05) is 40.3 Å². The number of amides is 1. The van der Waals surface area contributed by atoms with Crippen LogP contribution in [0.2, 0.25) is 0 Å². The summed E-state index contributed by atoms with van der Waals surface area (Å²) < 4.78 is 6.51. The molecular weight excluding hydrogens is 454 g/mol. The highest BCUT2D eigenvalue weighted by Gasteiger charge is 2.39. The molecule has 1 unspecified atom stereocenters. The molecule has 1 atom stereocenters. The van der Waals surface area contributed by atoms with Gasteiger partial charge in [-0.1, -0.05) is 55.5 Å². The molecule has 1 amide bonds. The second-order valence-electron chi connectivity index (χ2n) is 9.34. The molecule has 3 aromatic rings. The van der Waals surface area contributed by atoms with Gasteiger partial charge in [0.1, 0.15) is 11.9 Å². The molecule has 5 nitrogen and oxygen atoms in total. The molecular formula is C29H37N3O2S. The number of likely N-dealkylation sites (tertiary alicyclic amines) is 1. The van der Waals surface area contributed by atoms with Crippen molar-refractivity contribution >= 4 is 17.2 Å². The smallest absolute Gasteiger partial charge is 0.257 e. The summed E-state index contributed by atoms with van der Waals surface area (Å²) in [7, 11) is 4.29. The van der Waals surface area contributed by atoms with Gasteiger partial charge in [0.25, 0.3) is 5.91 Å². The van der Waals surface area contributed by atoms with Crippen LogP contribution >= 0.6 is 11.3 Å². The molecule has 1 aromatic heterocycles. The molecule has 1 N–H and O–H groups in total. The van der Waals surface area contributed by atoms with Crippen LogP contribution in [0, 0.1) is 0 Å². The molecule has 0 bridgehead atoms. The lowest BCUT2D eigenvalue weighted by Crippen LogP contribution is -2.51. The number of carbonyl (C=O) groups is 1. The lowest BCUT2D eigenvalue weighted by atomic mass is 9.79. The normalized spacial score (nSPS) is 16.3. The minimum atomic E-state index is -0.0798. The predicted molar refractivity (Wildman–Crippen MR) is 144 cm³/mol. The maximum absolute atomic E-state index is 13.7. The average molecular weight is 492 g/mol. The third-order valence-electron chi connectivity index (χ3n) is 7.13. The van der Waals surface area contributed by atoms with Gasteiger partial charge >= 0.3 is 0 Å². The topological polar surface area (TPSA) is 44.8 Å². The monoisotopic (exact) mass is 491 g/mol. The number of para-hydroxylation sites is 1. The molecule has 2 aromatic carbocycles. The van der Waals surface area contributed by atoms with Crippen LogP contribution in [0.25, 0.3) is 0 Å². The maximum atomic E-state index is 13.7. The van der Waals surface area contributed by atoms with E-state index >= 15 is 0 Å². The molecule has 1 fully saturated rings. The van der Waals surface area contributed by atoms with Crippen molar-refractivity contribution in [1.29, 1.82) is 0 Å². The zero-order chi connectivity index (χ0) is 24.7. The van der Waals surface area contributed by atoms with E-state index in [1.165, 1.54) is 10.4 Å². The summed E-state index contributed by atoms with van der Waals surface area (Å²) in [6.07, 6.45) is 2.57. The highest BCUT2D eigenvalue weighted by atomic mass is 32.1.